The number of alkyl halides is 1. The van der Waals surface area contributed by atoms with Gasteiger partial charge in [-0.15, -0.1) is 11.6 Å². The van der Waals surface area contributed by atoms with Crippen molar-refractivity contribution in [2.24, 2.45) is 5.92 Å². The molecule has 1 aliphatic rings. The summed E-state index contributed by atoms with van der Waals surface area (Å²) in [5.41, 5.74) is 0. The van der Waals surface area contributed by atoms with Gasteiger partial charge in [0.25, 0.3) is 0 Å². The Hall–Kier alpha value is 0.290. The van der Waals surface area contributed by atoms with Crippen LogP contribution in [0, 0.1) is 5.92 Å². The van der Waals surface area contributed by atoms with Gasteiger partial charge >= 0.3 is 0 Å². The van der Waals surface area contributed by atoms with E-state index in [9.17, 15) is 0 Å². The first-order valence-electron chi connectivity index (χ1n) is 4.38. The molecular formula is C9H17Cl. The molecule has 1 saturated carbocycles. The van der Waals surface area contributed by atoms with Gasteiger partial charge in [0.15, 0.2) is 0 Å². The fourth-order valence-corrected chi connectivity index (χ4v) is 2.14. The van der Waals surface area contributed by atoms with Crippen LogP contribution in [0.25, 0.3) is 0 Å². The minimum atomic E-state index is 0.151. The Labute approximate surface area is 69.0 Å². The van der Waals surface area contributed by atoms with Crippen LogP contribution in [0.2, 0.25) is 0 Å². The molecule has 0 bridgehead atoms. The number of hydrogen-bond donors (Lipinski definition) is 0. The summed E-state index contributed by atoms with van der Waals surface area (Å²) in [5, 5.41) is 0. The van der Waals surface area contributed by atoms with E-state index in [1.165, 1.54) is 25.7 Å². The quantitative estimate of drug-likeness (QED) is 0.515. The lowest BCUT2D eigenvalue weighted by atomic mass is 9.78. The summed E-state index contributed by atoms with van der Waals surface area (Å²) < 4.78 is 0. The first kappa shape index (κ1) is 8.39. The summed E-state index contributed by atoms with van der Waals surface area (Å²) in [6.07, 6.45) is 6.41. The summed E-state index contributed by atoms with van der Waals surface area (Å²) >= 11 is 6.41. The van der Waals surface area contributed by atoms with Gasteiger partial charge in [-0.3, -0.25) is 0 Å². The molecule has 1 fully saturated rings. The molecule has 0 aromatic carbocycles. The van der Waals surface area contributed by atoms with Gasteiger partial charge in [0.1, 0.15) is 0 Å². The summed E-state index contributed by atoms with van der Waals surface area (Å²) in [4.78, 5) is 0.151. The van der Waals surface area contributed by atoms with Gasteiger partial charge in [0.2, 0.25) is 0 Å². The highest BCUT2D eigenvalue weighted by Crippen LogP contribution is 2.41. The van der Waals surface area contributed by atoms with Crippen molar-refractivity contribution in [3.05, 3.63) is 0 Å². The molecule has 0 amide bonds. The fraction of sp³-hybridized carbons (Fsp3) is 1.00. The van der Waals surface area contributed by atoms with Crippen molar-refractivity contribution in [3.8, 4) is 0 Å². The molecular weight excluding hydrogens is 144 g/mol. The average Bonchev–Trinajstić information content (AvgIpc) is 1.96. The summed E-state index contributed by atoms with van der Waals surface area (Å²) in [6.45, 7) is 4.49. The third-order valence-electron chi connectivity index (χ3n) is 2.95. The van der Waals surface area contributed by atoms with Crippen molar-refractivity contribution < 1.29 is 0 Å². The first-order valence-corrected chi connectivity index (χ1v) is 4.76. The molecule has 1 aliphatic carbocycles. The highest BCUT2D eigenvalue weighted by molar-refractivity contribution is 6.24. The van der Waals surface area contributed by atoms with Crippen molar-refractivity contribution in [3.63, 3.8) is 0 Å². The van der Waals surface area contributed by atoms with Crippen LogP contribution in [0.1, 0.15) is 46.0 Å². The SMILES string of the molecule is CCC1(Cl)CCCCC1C. The molecule has 1 heteroatoms. The maximum absolute atomic E-state index is 6.41. The van der Waals surface area contributed by atoms with Crippen molar-refractivity contribution in [1.29, 1.82) is 0 Å². The molecule has 0 aromatic rings. The maximum atomic E-state index is 6.41. The van der Waals surface area contributed by atoms with E-state index in [4.69, 9.17) is 11.6 Å². The zero-order valence-electron chi connectivity index (χ0n) is 6.99. The minimum Gasteiger partial charge on any atom is -0.119 e. The van der Waals surface area contributed by atoms with Crippen LogP contribution >= 0.6 is 11.6 Å². The second kappa shape index (κ2) is 3.13. The lowest BCUT2D eigenvalue weighted by Gasteiger charge is -2.36. The largest absolute Gasteiger partial charge is 0.119 e. The lowest BCUT2D eigenvalue weighted by molar-refractivity contribution is 0.278. The van der Waals surface area contributed by atoms with Crippen LogP contribution in [-0.4, -0.2) is 4.87 Å². The Balaban J connectivity index is 2.54. The van der Waals surface area contributed by atoms with E-state index in [-0.39, 0.29) is 4.87 Å². The van der Waals surface area contributed by atoms with E-state index in [0.717, 1.165) is 12.3 Å². The third kappa shape index (κ3) is 1.47. The average molecular weight is 161 g/mol. The Morgan fingerprint density at radius 1 is 1.50 bits per heavy atom. The van der Waals surface area contributed by atoms with Gasteiger partial charge in [-0.2, -0.15) is 0 Å². The van der Waals surface area contributed by atoms with E-state index in [1.54, 1.807) is 0 Å². The van der Waals surface area contributed by atoms with Crippen LogP contribution in [0.15, 0.2) is 0 Å². The van der Waals surface area contributed by atoms with Gasteiger partial charge in [-0.05, 0) is 25.2 Å². The van der Waals surface area contributed by atoms with Gasteiger partial charge in [0.05, 0.1) is 0 Å². The van der Waals surface area contributed by atoms with Gasteiger partial charge in [-0.1, -0.05) is 26.7 Å². The number of hydrogen-bond acceptors (Lipinski definition) is 0. The molecule has 0 aliphatic heterocycles. The molecule has 0 radical (unpaired) electrons. The standard InChI is InChI=1S/C9H17Cl/c1-3-9(10)7-5-4-6-8(9)2/h8H,3-7H2,1-2H3. The van der Waals surface area contributed by atoms with Crippen LogP contribution in [-0.2, 0) is 0 Å². The predicted molar refractivity (Wildman–Crippen MR) is 46.5 cm³/mol. The Bertz CT molecular complexity index is 111. The molecule has 0 spiro atoms. The molecule has 0 aromatic heterocycles. The Morgan fingerprint density at radius 3 is 2.60 bits per heavy atom. The monoisotopic (exact) mass is 160 g/mol. The molecule has 1 rings (SSSR count). The first-order chi connectivity index (χ1) is 4.69. The van der Waals surface area contributed by atoms with E-state index >= 15 is 0 Å². The van der Waals surface area contributed by atoms with Gasteiger partial charge < -0.3 is 0 Å². The fourth-order valence-electron chi connectivity index (χ4n) is 1.90. The molecule has 0 heterocycles. The van der Waals surface area contributed by atoms with Crippen LogP contribution in [0.3, 0.4) is 0 Å². The summed E-state index contributed by atoms with van der Waals surface area (Å²) in [6, 6.07) is 0. The second-order valence-electron chi connectivity index (χ2n) is 3.54. The van der Waals surface area contributed by atoms with Crippen LogP contribution in [0.4, 0.5) is 0 Å². The number of halogens is 1. The third-order valence-corrected chi connectivity index (χ3v) is 3.78. The molecule has 60 valence electrons. The molecule has 0 nitrogen and oxygen atoms in total. The predicted octanol–water partition coefficient (Wildman–Crippen LogP) is 3.58. The Morgan fingerprint density at radius 2 is 2.20 bits per heavy atom. The second-order valence-corrected chi connectivity index (χ2v) is 4.29. The Kier molecular flexibility index (Phi) is 2.62. The zero-order chi connectivity index (χ0) is 7.61. The molecule has 0 saturated heterocycles. The highest BCUT2D eigenvalue weighted by atomic mass is 35.5. The van der Waals surface area contributed by atoms with Crippen molar-refractivity contribution in [1.82, 2.24) is 0 Å². The van der Waals surface area contributed by atoms with Gasteiger partial charge in [-0.25, -0.2) is 0 Å². The van der Waals surface area contributed by atoms with Crippen molar-refractivity contribution in [2.75, 3.05) is 0 Å². The van der Waals surface area contributed by atoms with E-state index in [0.29, 0.717) is 0 Å². The van der Waals surface area contributed by atoms with Crippen molar-refractivity contribution >= 4 is 11.6 Å². The zero-order valence-corrected chi connectivity index (χ0v) is 7.75. The van der Waals surface area contributed by atoms with E-state index in [2.05, 4.69) is 13.8 Å². The molecule has 2 atom stereocenters. The maximum Gasteiger partial charge on any atom is 0.0469 e. The highest BCUT2D eigenvalue weighted by Gasteiger charge is 2.33. The summed E-state index contributed by atoms with van der Waals surface area (Å²) in [7, 11) is 0. The van der Waals surface area contributed by atoms with E-state index in [1.807, 2.05) is 0 Å². The normalized spacial score (nSPS) is 41.7. The van der Waals surface area contributed by atoms with Crippen molar-refractivity contribution in [2.45, 2.75) is 50.8 Å². The van der Waals surface area contributed by atoms with E-state index < -0.39 is 0 Å². The number of rotatable bonds is 1. The molecule has 2 unspecified atom stereocenters. The van der Waals surface area contributed by atoms with Crippen LogP contribution < -0.4 is 0 Å². The minimum absolute atomic E-state index is 0.151. The molecule has 10 heavy (non-hydrogen) atoms. The smallest absolute Gasteiger partial charge is 0.0469 e. The summed E-state index contributed by atoms with van der Waals surface area (Å²) in [5.74, 6) is 0.730. The molecule has 0 N–H and O–H groups in total. The van der Waals surface area contributed by atoms with Gasteiger partial charge in [0, 0.05) is 4.87 Å². The lowest BCUT2D eigenvalue weighted by Crippen LogP contribution is -2.32. The topological polar surface area (TPSA) is 0 Å². The van der Waals surface area contributed by atoms with Crippen LogP contribution in [0.5, 0.6) is 0 Å².